The summed E-state index contributed by atoms with van der Waals surface area (Å²) in [4.78, 5) is 11.5. The van der Waals surface area contributed by atoms with Crippen LogP contribution in [0.2, 0.25) is 0 Å². The average Bonchev–Trinajstić information content (AvgIpc) is 3.30. The summed E-state index contributed by atoms with van der Waals surface area (Å²) < 4.78 is 34.7. The molecular weight excluding hydrogens is 406 g/mol. The van der Waals surface area contributed by atoms with Crippen LogP contribution in [0.25, 0.3) is 5.95 Å². The van der Waals surface area contributed by atoms with Crippen LogP contribution >= 0.6 is 0 Å². The lowest BCUT2D eigenvalue weighted by molar-refractivity contribution is -0.0361. The smallest absolute Gasteiger partial charge is 0.255 e. The van der Waals surface area contributed by atoms with Crippen molar-refractivity contribution in [1.82, 2.24) is 24.6 Å². The summed E-state index contributed by atoms with van der Waals surface area (Å²) in [7, 11) is 0. The molecule has 1 unspecified atom stereocenters. The summed E-state index contributed by atoms with van der Waals surface area (Å²) in [5, 5.41) is 16.9. The number of halogens is 2. The number of ether oxygens (including phenoxy) is 1. The molecule has 2 aromatic rings. The first-order chi connectivity index (χ1) is 15.0. The number of nitrogens with one attached hydrogen (secondary N) is 1. The summed E-state index contributed by atoms with van der Waals surface area (Å²) >= 11 is 0. The van der Waals surface area contributed by atoms with Crippen LogP contribution in [0.3, 0.4) is 0 Å². The van der Waals surface area contributed by atoms with Gasteiger partial charge in [-0.2, -0.15) is 15.1 Å². The van der Waals surface area contributed by atoms with Crippen molar-refractivity contribution in [2.75, 3.05) is 18.4 Å². The molecule has 1 atom stereocenters. The molecule has 2 N–H and O–H groups in total. The van der Waals surface area contributed by atoms with Crippen LogP contribution in [-0.2, 0) is 6.61 Å². The van der Waals surface area contributed by atoms with Crippen LogP contribution in [0.5, 0.6) is 5.88 Å². The molecular formula is C21H28F2N6O2. The number of aromatic nitrogens is 4. The van der Waals surface area contributed by atoms with E-state index in [0.29, 0.717) is 42.2 Å². The maximum atomic E-state index is 13.5. The van der Waals surface area contributed by atoms with Gasteiger partial charge < -0.3 is 15.2 Å². The maximum Gasteiger partial charge on any atom is 0.255 e. The van der Waals surface area contributed by atoms with Gasteiger partial charge in [-0.1, -0.05) is 0 Å². The molecule has 3 aliphatic rings. The molecule has 1 aliphatic heterocycles. The molecule has 0 amide bonds. The van der Waals surface area contributed by atoms with Gasteiger partial charge in [0.15, 0.2) is 0 Å². The molecule has 3 heterocycles. The van der Waals surface area contributed by atoms with Crippen molar-refractivity contribution >= 4 is 5.82 Å². The Hall–Kier alpha value is -2.33. The van der Waals surface area contributed by atoms with E-state index in [4.69, 9.17) is 4.74 Å². The highest BCUT2D eigenvalue weighted by molar-refractivity contribution is 5.42. The van der Waals surface area contributed by atoms with Gasteiger partial charge in [0.05, 0.1) is 12.3 Å². The fourth-order valence-corrected chi connectivity index (χ4v) is 4.39. The summed E-state index contributed by atoms with van der Waals surface area (Å²) in [6.07, 6.45) is 5.77. The summed E-state index contributed by atoms with van der Waals surface area (Å²) in [5.41, 5.74) is 0.509. The predicted molar refractivity (Wildman–Crippen MR) is 110 cm³/mol. The Morgan fingerprint density at radius 2 is 1.97 bits per heavy atom. The number of anilines is 1. The van der Waals surface area contributed by atoms with Gasteiger partial charge in [-0.05, 0) is 38.2 Å². The third kappa shape index (κ3) is 4.95. The zero-order valence-corrected chi connectivity index (χ0v) is 17.4. The molecule has 2 saturated carbocycles. The number of aliphatic hydroxyl groups is 1. The topological polar surface area (TPSA) is 88.3 Å². The SMILES string of the molecule is OCc1ccn(-c2nc(NC3CCC(F)(F)CC3)cc(OC3CCN(C4CC4)C3)n2)n1. The lowest BCUT2D eigenvalue weighted by Crippen LogP contribution is -2.32. The van der Waals surface area contributed by atoms with Crippen molar-refractivity contribution < 1.29 is 18.6 Å². The first kappa shape index (κ1) is 20.6. The molecule has 2 aromatic heterocycles. The third-order valence-corrected chi connectivity index (χ3v) is 6.30. The van der Waals surface area contributed by atoms with E-state index in [1.165, 1.54) is 17.5 Å². The van der Waals surface area contributed by atoms with Crippen LogP contribution < -0.4 is 10.1 Å². The van der Waals surface area contributed by atoms with E-state index >= 15 is 0 Å². The highest BCUT2D eigenvalue weighted by Gasteiger charge is 2.36. The molecule has 31 heavy (non-hydrogen) atoms. The van der Waals surface area contributed by atoms with E-state index in [9.17, 15) is 13.9 Å². The molecule has 2 aliphatic carbocycles. The number of nitrogens with zero attached hydrogens (tertiary/aromatic N) is 5. The van der Waals surface area contributed by atoms with E-state index in [1.807, 2.05) is 0 Å². The third-order valence-electron chi connectivity index (χ3n) is 6.30. The molecule has 0 radical (unpaired) electrons. The predicted octanol–water partition coefficient (Wildman–Crippen LogP) is 2.76. The van der Waals surface area contributed by atoms with Crippen LogP contribution in [0.15, 0.2) is 18.3 Å². The quantitative estimate of drug-likeness (QED) is 0.693. The summed E-state index contributed by atoms with van der Waals surface area (Å²) in [5.74, 6) is -1.28. The van der Waals surface area contributed by atoms with Crippen molar-refractivity contribution in [3.05, 3.63) is 24.0 Å². The number of hydrogen-bond donors (Lipinski definition) is 2. The first-order valence-corrected chi connectivity index (χ1v) is 11.1. The second-order valence-corrected chi connectivity index (χ2v) is 8.83. The standard InChI is InChI=1S/C21H28F2N6O2/c22-21(23)7-3-14(4-8-21)24-18-11-19(31-17-6-9-28(12-17)16-1-2-16)26-20(25-18)29-10-5-15(13-30)27-29/h5,10-11,14,16-17,30H,1-4,6-9,12-13H2,(H,24,25,26). The molecule has 3 fully saturated rings. The average molecular weight is 434 g/mol. The van der Waals surface area contributed by atoms with Gasteiger partial charge in [-0.25, -0.2) is 13.5 Å². The van der Waals surface area contributed by atoms with Gasteiger partial charge in [-0.3, -0.25) is 4.90 Å². The van der Waals surface area contributed by atoms with Crippen molar-refractivity contribution in [2.45, 2.75) is 75.7 Å². The van der Waals surface area contributed by atoms with E-state index in [0.717, 1.165) is 19.5 Å². The molecule has 0 spiro atoms. The summed E-state index contributed by atoms with van der Waals surface area (Å²) in [6, 6.07) is 4.07. The number of alkyl halides is 2. The van der Waals surface area contributed by atoms with E-state index in [2.05, 4.69) is 25.3 Å². The minimum absolute atomic E-state index is 0.0650. The Balaban J connectivity index is 1.34. The second kappa shape index (κ2) is 8.31. The Labute approximate surface area is 179 Å². The van der Waals surface area contributed by atoms with Crippen LogP contribution in [0.1, 0.15) is 50.6 Å². The number of rotatable bonds is 7. The first-order valence-electron chi connectivity index (χ1n) is 11.1. The Kier molecular flexibility index (Phi) is 5.51. The molecule has 0 aromatic carbocycles. The van der Waals surface area contributed by atoms with Gasteiger partial charge in [0.25, 0.3) is 5.95 Å². The Morgan fingerprint density at radius 3 is 2.68 bits per heavy atom. The van der Waals surface area contributed by atoms with Crippen molar-refractivity contribution in [3.63, 3.8) is 0 Å². The molecule has 10 heteroatoms. The van der Waals surface area contributed by atoms with E-state index in [1.54, 1.807) is 18.3 Å². The molecule has 168 valence electrons. The fourth-order valence-electron chi connectivity index (χ4n) is 4.39. The lowest BCUT2D eigenvalue weighted by Gasteiger charge is -2.29. The van der Waals surface area contributed by atoms with Gasteiger partial charge in [0.2, 0.25) is 11.8 Å². The highest BCUT2D eigenvalue weighted by atomic mass is 19.3. The normalized spacial score (nSPS) is 24.4. The molecule has 1 saturated heterocycles. The van der Waals surface area contributed by atoms with Gasteiger partial charge in [-0.15, -0.1) is 0 Å². The van der Waals surface area contributed by atoms with Gasteiger partial charge in [0, 0.05) is 50.3 Å². The monoisotopic (exact) mass is 434 g/mol. The highest BCUT2D eigenvalue weighted by Crippen LogP contribution is 2.35. The van der Waals surface area contributed by atoms with E-state index < -0.39 is 5.92 Å². The Bertz CT molecular complexity index is 887. The zero-order valence-electron chi connectivity index (χ0n) is 17.4. The summed E-state index contributed by atoms with van der Waals surface area (Å²) in [6.45, 7) is 1.75. The van der Waals surface area contributed by atoms with Gasteiger partial charge in [0.1, 0.15) is 11.9 Å². The Morgan fingerprint density at radius 1 is 1.16 bits per heavy atom. The number of likely N-dealkylation sites (tertiary alicyclic amines) is 1. The van der Waals surface area contributed by atoms with Crippen molar-refractivity contribution in [2.24, 2.45) is 0 Å². The second-order valence-electron chi connectivity index (χ2n) is 8.83. The molecule has 5 rings (SSSR count). The number of aliphatic hydroxyl groups excluding tert-OH is 1. The van der Waals surface area contributed by atoms with E-state index in [-0.39, 0.29) is 31.6 Å². The lowest BCUT2D eigenvalue weighted by atomic mass is 9.92. The van der Waals surface area contributed by atoms with Crippen molar-refractivity contribution in [3.8, 4) is 11.8 Å². The fraction of sp³-hybridized carbons (Fsp3) is 0.667. The van der Waals surface area contributed by atoms with Crippen LogP contribution in [0.4, 0.5) is 14.6 Å². The maximum absolute atomic E-state index is 13.5. The zero-order chi connectivity index (χ0) is 21.4. The number of hydrogen-bond acceptors (Lipinski definition) is 7. The molecule has 0 bridgehead atoms. The minimum atomic E-state index is -2.57. The van der Waals surface area contributed by atoms with Crippen molar-refractivity contribution in [1.29, 1.82) is 0 Å². The van der Waals surface area contributed by atoms with Gasteiger partial charge >= 0.3 is 0 Å². The van der Waals surface area contributed by atoms with Crippen LogP contribution in [0, 0.1) is 0 Å². The largest absolute Gasteiger partial charge is 0.473 e. The molecule has 8 nitrogen and oxygen atoms in total. The van der Waals surface area contributed by atoms with Crippen LogP contribution in [-0.4, -0.2) is 67.0 Å². The minimum Gasteiger partial charge on any atom is -0.473 e.